The van der Waals surface area contributed by atoms with Crippen molar-refractivity contribution < 1.29 is 9.47 Å². The molecule has 2 aromatic carbocycles. The van der Waals surface area contributed by atoms with Gasteiger partial charge in [-0.05, 0) is 12.1 Å². The third-order valence-electron chi connectivity index (χ3n) is 3.42. The van der Waals surface area contributed by atoms with Crippen LogP contribution in [0.2, 0.25) is 0 Å². The smallest absolute Gasteiger partial charge is 0.262 e. The van der Waals surface area contributed by atoms with Gasteiger partial charge >= 0.3 is 0 Å². The van der Waals surface area contributed by atoms with E-state index in [9.17, 15) is 4.79 Å². The number of nitrogens with two attached hydrogens (primary N) is 1. The molecule has 0 atom stereocenters. The molecular formula is C16H15N3O3. The number of aromatic amines is 1. The SMILES string of the molecule is COc1cc(OC)c2c(=O)[nH]c(-c3ccccc3N)nc2c1. The van der Waals surface area contributed by atoms with Crippen LogP contribution in [0, 0.1) is 0 Å². The van der Waals surface area contributed by atoms with Crippen molar-refractivity contribution in [2.24, 2.45) is 0 Å². The maximum Gasteiger partial charge on any atom is 0.262 e. The highest BCUT2D eigenvalue weighted by molar-refractivity contribution is 5.87. The second-order valence-corrected chi connectivity index (χ2v) is 4.73. The topological polar surface area (TPSA) is 90.2 Å². The minimum atomic E-state index is -0.289. The van der Waals surface area contributed by atoms with Crippen molar-refractivity contribution in [2.75, 3.05) is 20.0 Å². The molecule has 0 fully saturated rings. The Bertz CT molecular complexity index is 903. The minimum Gasteiger partial charge on any atom is -0.497 e. The lowest BCUT2D eigenvalue weighted by atomic mass is 10.1. The van der Waals surface area contributed by atoms with Crippen molar-refractivity contribution in [1.29, 1.82) is 0 Å². The maximum atomic E-state index is 12.4. The number of ether oxygens (including phenoxy) is 2. The molecule has 3 rings (SSSR count). The fourth-order valence-electron chi connectivity index (χ4n) is 2.33. The number of hydrogen-bond donors (Lipinski definition) is 2. The monoisotopic (exact) mass is 297 g/mol. The van der Waals surface area contributed by atoms with E-state index in [1.54, 1.807) is 31.4 Å². The summed E-state index contributed by atoms with van der Waals surface area (Å²) in [6, 6.07) is 10.6. The summed E-state index contributed by atoms with van der Waals surface area (Å²) in [6.07, 6.45) is 0. The van der Waals surface area contributed by atoms with Crippen LogP contribution in [0.3, 0.4) is 0 Å². The molecule has 3 N–H and O–H groups in total. The first-order valence-electron chi connectivity index (χ1n) is 6.65. The molecule has 1 heterocycles. The Morgan fingerprint density at radius 3 is 2.59 bits per heavy atom. The average Bonchev–Trinajstić information content (AvgIpc) is 2.53. The normalized spacial score (nSPS) is 10.6. The van der Waals surface area contributed by atoms with Crippen molar-refractivity contribution in [3.05, 3.63) is 46.8 Å². The molecule has 0 saturated heterocycles. The molecule has 22 heavy (non-hydrogen) atoms. The van der Waals surface area contributed by atoms with Gasteiger partial charge < -0.3 is 20.2 Å². The first kappa shape index (κ1) is 13.9. The lowest BCUT2D eigenvalue weighted by Crippen LogP contribution is -2.11. The summed E-state index contributed by atoms with van der Waals surface area (Å²) < 4.78 is 10.5. The minimum absolute atomic E-state index is 0.289. The number of rotatable bonds is 3. The largest absolute Gasteiger partial charge is 0.497 e. The molecule has 0 saturated carbocycles. The fraction of sp³-hybridized carbons (Fsp3) is 0.125. The zero-order valence-electron chi connectivity index (χ0n) is 12.2. The molecule has 1 aromatic heterocycles. The Labute approximate surface area is 126 Å². The summed E-state index contributed by atoms with van der Waals surface area (Å²) in [7, 11) is 3.04. The molecule has 0 spiro atoms. The third kappa shape index (κ3) is 2.24. The molecule has 3 aromatic rings. The van der Waals surface area contributed by atoms with E-state index in [0.29, 0.717) is 39.5 Å². The van der Waals surface area contributed by atoms with Gasteiger partial charge in [0.2, 0.25) is 0 Å². The van der Waals surface area contributed by atoms with E-state index in [0.717, 1.165) is 0 Å². The molecule has 0 aliphatic carbocycles. The number of H-pyrrole nitrogens is 1. The van der Waals surface area contributed by atoms with Crippen LogP contribution in [0.25, 0.3) is 22.3 Å². The maximum absolute atomic E-state index is 12.4. The van der Waals surface area contributed by atoms with E-state index in [1.165, 1.54) is 7.11 Å². The number of fused-ring (bicyclic) bond motifs is 1. The number of anilines is 1. The zero-order valence-corrected chi connectivity index (χ0v) is 12.2. The van der Waals surface area contributed by atoms with Crippen molar-refractivity contribution in [1.82, 2.24) is 9.97 Å². The molecule has 0 radical (unpaired) electrons. The highest BCUT2D eigenvalue weighted by atomic mass is 16.5. The zero-order chi connectivity index (χ0) is 15.7. The van der Waals surface area contributed by atoms with Crippen LogP contribution in [-0.4, -0.2) is 24.2 Å². The molecule has 6 heteroatoms. The Morgan fingerprint density at radius 2 is 1.91 bits per heavy atom. The molecular weight excluding hydrogens is 282 g/mol. The summed E-state index contributed by atoms with van der Waals surface area (Å²) in [5.41, 5.74) is 7.35. The summed E-state index contributed by atoms with van der Waals surface area (Å²) in [6.45, 7) is 0. The predicted octanol–water partition coefficient (Wildman–Crippen LogP) is 2.19. The van der Waals surface area contributed by atoms with Gasteiger partial charge in [0.15, 0.2) is 0 Å². The van der Waals surface area contributed by atoms with Gasteiger partial charge in [-0.1, -0.05) is 12.1 Å². The first-order valence-corrected chi connectivity index (χ1v) is 6.65. The number of nitrogens with zero attached hydrogens (tertiary/aromatic N) is 1. The fourth-order valence-corrected chi connectivity index (χ4v) is 2.33. The van der Waals surface area contributed by atoms with Crippen molar-refractivity contribution in [3.63, 3.8) is 0 Å². The number of methoxy groups -OCH3 is 2. The van der Waals surface area contributed by atoms with E-state index in [2.05, 4.69) is 9.97 Å². The number of hydrogen-bond acceptors (Lipinski definition) is 5. The van der Waals surface area contributed by atoms with Gasteiger partial charge in [0.25, 0.3) is 5.56 Å². The van der Waals surface area contributed by atoms with Crippen LogP contribution in [0.15, 0.2) is 41.2 Å². The Balaban J connectivity index is 2.33. The molecule has 0 amide bonds. The summed E-state index contributed by atoms with van der Waals surface area (Å²) >= 11 is 0. The number of nitrogen functional groups attached to an aromatic ring is 1. The van der Waals surface area contributed by atoms with Gasteiger partial charge in [0.05, 0.1) is 19.7 Å². The van der Waals surface area contributed by atoms with Gasteiger partial charge in [-0.2, -0.15) is 0 Å². The lowest BCUT2D eigenvalue weighted by Gasteiger charge is -2.10. The molecule has 0 bridgehead atoms. The van der Waals surface area contributed by atoms with Crippen LogP contribution < -0.4 is 20.8 Å². The Kier molecular flexibility index (Phi) is 3.42. The average molecular weight is 297 g/mol. The summed E-state index contributed by atoms with van der Waals surface area (Å²) in [5, 5.41) is 0.376. The predicted molar refractivity (Wildman–Crippen MR) is 85.3 cm³/mol. The van der Waals surface area contributed by atoms with Crippen LogP contribution in [0.4, 0.5) is 5.69 Å². The lowest BCUT2D eigenvalue weighted by molar-refractivity contribution is 0.397. The van der Waals surface area contributed by atoms with Gasteiger partial charge in [-0.15, -0.1) is 0 Å². The quantitative estimate of drug-likeness (QED) is 0.723. The standard InChI is InChI=1S/C16H15N3O3/c1-21-9-7-12-14(13(8-9)22-2)16(20)19-15(18-12)10-5-3-4-6-11(10)17/h3-8H,17H2,1-2H3,(H,18,19,20). The van der Waals surface area contributed by atoms with Gasteiger partial charge in [0.1, 0.15) is 22.7 Å². The summed E-state index contributed by atoms with van der Waals surface area (Å²) in [5.74, 6) is 1.39. The molecule has 0 aliphatic heterocycles. The van der Waals surface area contributed by atoms with Gasteiger partial charge in [0, 0.05) is 23.4 Å². The second kappa shape index (κ2) is 5.40. The van der Waals surface area contributed by atoms with E-state index in [4.69, 9.17) is 15.2 Å². The van der Waals surface area contributed by atoms with Gasteiger partial charge in [-0.3, -0.25) is 4.79 Å². The van der Waals surface area contributed by atoms with E-state index >= 15 is 0 Å². The number of nitrogens with one attached hydrogen (secondary N) is 1. The van der Waals surface area contributed by atoms with Crippen molar-refractivity contribution in [3.8, 4) is 22.9 Å². The van der Waals surface area contributed by atoms with Crippen molar-refractivity contribution >= 4 is 16.6 Å². The van der Waals surface area contributed by atoms with E-state index in [-0.39, 0.29) is 5.56 Å². The van der Waals surface area contributed by atoms with Crippen LogP contribution in [0.1, 0.15) is 0 Å². The van der Waals surface area contributed by atoms with Gasteiger partial charge in [-0.25, -0.2) is 4.98 Å². The highest BCUT2D eigenvalue weighted by Gasteiger charge is 2.13. The first-order chi connectivity index (χ1) is 10.6. The van der Waals surface area contributed by atoms with Crippen LogP contribution in [0.5, 0.6) is 11.5 Å². The molecule has 0 unspecified atom stereocenters. The molecule has 6 nitrogen and oxygen atoms in total. The number of benzene rings is 2. The summed E-state index contributed by atoms with van der Waals surface area (Å²) in [4.78, 5) is 19.6. The Morgan fingerprint density at radius 1 is 1.14 bits per heavy atom. The van der Waals surface area contributed by atoms with E-state index < -0.39 is 0 Å². The second-order valence-electron chi connectivity index (χ2n) is 4.73. The highest BCUT2D eigenvalue weighted by Crippen LogP contribution is 2.29. The number of aromatic nitrogens is 2. The third-order valence-corrected chi connectivity index (χ3v) is 3.42. The van der Waals surface area contributed by atoms with Crippen LogP contribution in [-0.2, 0) is 0 Å². The van der Waals surface area contributed by atoms with Crippen LogP contribution >= 0.6 is 0 Å². The van der Waals surface area contributed by atoms with E-state index in [1.807, 2.05) is 12.1 Å². The van der Waals surface area contributed by atoms with Crippen molar-refractivity contribution in [2.45, 2.75) is 0 Å². The molecule has 0 aliphatic rings. The molecule has 112 valence electrons. The Hall–Kier alpha value is -3.02. The number of para-hydroxylation sites is 1.